The standard InChI is InChI=1S/C25H35NO3S/c1-24(2,3)20-14-17(15-21(23(20)29)25(4,5)6)8-7-13-30-16-22(28)26-18-9-11-19(27)12-10-18/h9-12,14-15,27,29H,7-8,13,16H2,1-6H3,(H,26,28). The van der Waals surface area contributed by atoms with Gasteiger partial charge in [-0.1, -0.05) is 53.7 Å². The molecule has 2 aromatic rings. The van der Waals surface area contributed by atoms with Crippen molar-refractivity contribution < 1.29 is 15.0 Å². The molecule has 164 valence electrons. The van der Waals surface area contributed by atoms with E-state index in [4.69, 9.17) is 0 Å². The van der Waals surface area contributed by atoms with Crippen LogP contribution in [-0.2, 0) is 22.0 Å². The molecule has 2 rings (SSSR count). The number of aromatic hydroxyl groups is 2. The van der Waals surface area contributed by atoms with E-state index in [0.29, 0.717) is 17.2 Å². The van der Waals surface area contributed by atoms with Crippen LogP contribution in [0.1, 0.15) is 64.7 Å². The van der Waals surface area contributed by atoms with Crippen LogP contribution in [0, 0.1) is 0 Å². The second-order valence-corrected chi connectivity index (χ2v) is 10.9. The van der Waals surface area contributed by atoms with E-state index in [1.165, 1.54) is 5.56 Å². The average molecular weight is 430 g/mol. The summed E-state index contributed by atoms with van der Waals surface area (Å²) < 4.78 is 0. The summed E-state index contributed by atoms with van der Waals surface area (Å²) in [5.41, 5.74) is 3.66. The Balaban J connectivity index is 1.91. The highest BCUT2D eigenvalue weighted by atomic mass is 32.2. The first-order valence-electron chi connectivity index (χ1n) is 10.4. The van der Waals surface area contributed by atoms with Crippen LogP contribution in [0.5, 0.6) is 11.5 Å². The maximum Gasteiger partial charge on any atom is 0.234 e. The molecule has 0 saturated heterocycles. The minimum Gasteiger partial charge on any atom is -0.508 e. The summed E-state index contributed by atoms with van der Waals surface area (Å²) in [6.45, 7) is 12.8. The van der Waals surface area contributed by atoms with Crippen LogP contribution in [0.2, 0.25) is 0 Å². The molecule has 0 saturated carbocycles. The van der Waals surface area contributed by atoms with Gasteiger partial charge >= 0.3 is 0 Å². The number of benzene rings is 2. The van der Waals surface area contributed by atoms with Crippen molar-refractivity contribution in [3.63, 3.8) is 0 Å². The van der Waals surface area contributed by atoms with E-state index in [2.05, 4.69) is 59.0 Å². The molecule has 0 aliphatic rings. The van der Waals surface area contributed by atoms with Gasteiger partial charge in [-0.05, 0) is 70.4 Å². The summed E-state index contributed by atoms with van der Waals surface area (Å²) >= 11 is 1.61. The van der Waals surface area contributed by atoms with Gasteiger partial charge in [-0.25, -0.2) is 0 Å². The Morgan fingerprint density at radius 2 is 1.47 bits per heavy atom. The topological polar surface area (TPSA) is 69.6 Å². The van der Waals surface area contributed by atoms with E-state index in [-0.39, 0.29) is 22.5 Å². The van der Waals surface area contributed by atoms with Gasteiger partial charge in [-0.2, -0.15) is 11.8 Å². The van der Waals surface area contributed by atoms with Gasteiger partial charge in [0.2, 0.25) is 5.91 Å². The lowest BCUT2D eigenvalue weighted by molar-refractivity contribution is -0.113. The number of amides is 1. The Bertz CT molecular complexity index is 826. The van der Waals surface area contributed by atoms with Crippen molar-refractivity contribution in [1.29, 1.82) is 0 Å². The van der Waals surface area contributed by atoms with Gasteiger partial charge in [0, 0.05) is 5.69 Å². The Morgan fingerprint density at radius 1 is 0.933 bits per heavy atom. The lowest BCUT2D eigenvalue weighted by atomic mass is 9.78. The molecular formula is C25H35NO3S. The number of phenolic OH excluding ortho intramolecular Hbond substituents is 2. The van der Waals surface area contributed by atoms with Gasteiger partial charge in [0.1, 0.15) is 11.5 Å². The van der Waals surface area contributed by atoms with E-state index < -0.39 is 0 Å². The molecule has 0 radical (unpaired) electrons. The van der Waals surface area contributed by atoms with Gasteiger partial charge in [-0.15, -0.1) is 0 Å². The van der Waals surface area contributed by atoms with Gasteiger partial charge in [0.05, 0.1) is 5.75 Å². The molecule has 0 fully saturated rings. The van der Waals surface area contributed by atoms with Crippen molar-refractivity contribution in [1.82, 2.24) is 0 Å². The normalized spacial score (nSPS) is 12.1. The first-order valence-corrected chi connectivity index (χ1v) is 11.6. The molecule has 0 bridgehead atoms. The summed E-state index contributed by atoms with van der Waals surface area (Å²) in [5.74, 6) is 1.84. The Hall–Kier alpha value is -2.14. The maximum atomic E-state index is 12.1. The summed E-state index contributed by atoms with van der Waals surface area (Å²) in [6.07, 6.45) is 1.88. The summed E-state index contributed by atoms with van der Waals surface area (Å²) in [7, 11) is 0. The molecule has 1 amide bonds. The van der Waals surface area contributed by atoms with Crippen LogP contribution in [0.25, 0.3) is 0 Å². The second-order valence-electron chi connectivity index (χ2n) is 9.79. The fourth-order valence-electron chi connectivity index (χ4n) is 3.27. The van der Waals surface area contributed by atoms with Gasteiger partial charge in [0.25, 0.3) is 0 Å². The lowest BCUT2D eigenvalue weighted by Crippen LogP contribution is -2.18. The van der Waals surface area contributed by atoms with E-state index in [9.17, 15) is 15.0 Å². The van der Waals surface area contributed by atoms with Crippen LogP contribution in [0.15, 0.2) is 36.4 Å². The highest BCUT2D eigenvalue weighted by Crippen LogP contribution is 2.40. The number of nitrogens with one attached hydrogen (secondary N) is 1. The smallest absolute Gasteiger partial charge is 0.234 e. The molecule has 3 N–H and O–H groups in total. The Kier molecular flexibility index (Phi) is 7.87. The van der Waals surface area contributed by atoms with Gasteiger partial charge in [0.15, 0.2) is 0 Å². The molecule has 0 heterocycles. The van der Waals surface area contributed by atoms with Crippen LogP contribution in [0.3, 0.4) is 0 Å². The fourth-order valence-corrected chi connectivity index (χ4v) is 4.02. The molecule has 0 aliphatic heterocycles. The number of aryl methyl sites for hydroxylation is 1. The zero-order chi connectivity index (χ0) is 22.5. The maximum absolute atomic E-state index is 12.1. The SMILES string of the molecule is CC(C)(C)c1cc(CCCSCC(=O)Nc2ccc(O)cc2)cc(C(C)(C)C)c1O. The number of carbonyl (C=O) groups is 1. The minimum atomic E-state index is -0.124. The fraction of sp³-hybridized carbons (Fsp3) is 0.480. The van der Waals surface area contributed by atoms with E-state index in [1.807, 2.05) is 0 Å². The molecule has 30 heavy (non-hydrogen) atoms. The largest absolute Gasteiger partial charge is 0.508 e. The predicted molar refractivity (Wildman–Crippen MR) is 128 cm³/mol. The monoisotopic (exact) mass is 429 g/mol. The summed E-state index contributed by atoms with van der Waals surface area (Å²) in [6, 6.07) is 10.7. The Labute approximate surface area is 185 Å². The van der Waals surface area contributed by atoms with Crippen molar-refractivity contribution in [2.24, 2.45) is 0 Å². The van der Waals surface area contributed by atoms with E-state index in [1.54, 1.807) is 36.0 Å². The van der Waals surface area contributed by atoms with Crippen LogP contribution < -0.4 is 5.32 Å². The highest BCUT2D eigenvalue weighted by Gasteiger charge is 2.26. The van der Waals surface area contributed by atoms with Crippen LogP contribution in [0.4, 0.5) is 5.69 Å². The molecule has 0 aromatic heterocycles. The molecule has 2 aromatic carbocycles. The third kappa shape index (κ3) is 6.98. The molecule has 0 atom stereocenters. The number of hydrogen-bond donors (Lipinski definition) is 3. The summed E-state index contributed by atoms with van der Waals surface area (Å²) in [4.78, 5) is 12.1. The Morgan fingerprint density at radius 3 is 1.97 bits per heavy atom. The number of hydrogen-bond acceptors (Lipinski definition) is 4. The number of phenols is 2. The molecular weight excluding hydrogens is 394 g/mol. The van der Waals surface area contributed by atoms with Crippen molar-refractivity contribution in [3.05, 3.63) is 53.1 Å². The van der Waals surface area contributed by atoms with Gasteiger partial charge < -0.3 is 15.5 Å². The van der Waals surface area contributed by atoms with Crippen LogP contribution >= 0.6 is 11.8 Å². The third-order valence-electron chi connectivity index (χ3n) is 4.92. The number of thioether (sulfide) groups is 1. The molecule has 0 unspecified atom stereocenters. The number of carbonyl (C=O) groups excluding carboxylic acids is 1. The van der Waals surface area contributed by atoms with Crippen LogP contribution in [-0.4, -0.2) is 27.6 Å². The van der Waals surface area contributed by atoms with Crippen molar-refractivity contribution in [3.8, 4) is 11.5 Å². The van der Waals surface area contributed by atoms with Crippen molar-refractivity contribution in [2.75, 3.05) is 16.8 Å². The molecule has 0 aliphatic carbocycles. The van der Waals surface area contributed by atoms with E-state index >= 15 is 0 Å². The van der Waals surface area contributed by atoms with Crippen molar-refractivity contribution >= 4 is 23.4 Å². The zero-order valence-electron chi connectivity index (χ0n) is 19.0. The second kappa shape index (κ2) is 9.78. The number of anilines is 1. The summed E-state index contributed by atoms with van der Waals surface area (Å²) in [5, 5.41) is 23.0. The molecule has 4 nitrogen and oxygen atoms in total. The first-order chi connectivity index (χ1) is 13.9. The number of rotatable bonds is 7. The molecule has 0 spiro atoms. The highest BCUT2D eigenvalue weighted by molar-refractivity contribution is 7.99. The predicted octanol–water partition coefficient (Wildman–Crippen LogP) is 6.00. The quantitative estimate of drug-likeness (QED) is 0.373. The van der Waals surface area contributed by atoms with Crippen molar-refractivity contribution in [2.45, 2.75) is 65.2 Å². The average Bonchev–Trinajstić information content (AvgIpc) is 2.62. The molecule has 5 heteroatoms. The van der Waals surface area contributed by atoms with E-state index in [0.717, 1.165) is 29.7 Å². The zero-order valence-corrected chi connectivity index (χ0v) is 19.8. The minimum absolute atomic E-state index is 0.0413. The lowest BCUT2D eigenvalue weighted by Gasteiger charge is -2.28. The third-order valence-corrected chi connectivity index (χ3v) is 5.97. The van der Waals surface area contributed by atoms with Gasteiger partial charge in [-0.3, -0.25) is 4.79 Å². The first kappa shape index (κ1) is 24.1.